The van der Waals surface area contributed by atoms with Crippen LogP contribution in [0.2, 0.25) is 0 Å². The smallest absolute Gasteiger partial charge is 0.315 e. The fourth-order valence-corrected chi connectivity index (χ4v) is 3.80. The summed E-state index contributed by atoms with van der Waals surface area (Å²) in [6.07, 6.45) is 5.49. The predicted octanol–water partition coefficient (Wildman–Crippen LogP) is 2.04. The number of methoxy groups -OCH3 is 1. The van der Waals surface area contributed by atoms with E-state index in [-0.39, 0.29) is 17.8 Å². The number of tetrazole rings is 1. The Bertz CT molecular complexity index is 865. The van der Waals surface area contributed by atoms with Crippen molar-refractivity contribution in [3.8, 4) is 11.5 Å². The maximum absolute atomic E-state index is 11.5. The molecular weight excluding hydrogens is 390 g/mol. The number of aryl methyl sites for hydroxylation is 1. The molecule has 0 bridgehead atoms. The highest BCUT2D eigenvalue weighted by Gasteiger charge is 2.30. The Morgan fingerprint density at radius 3 is 2.77 bits per heavy atom. The van der Waals surface area contributed by atoms with Gasteiger partial charge in [-0.3, -0.25) is 10.1 Å². The monoisotopic (exact) mass is 419 g/mol. The zero-order valence-electron chi connectivity index (χ0n) is 17.3. The molecule has 0 aliphatic heterocycles. The summed E-state index contributed by atoms with van der Waals surface area (Å²) in [4.78, 5) is 10.9. The van der Waals surface area contributed by atoms with E-state index in [9.17, 15) is 15.2 Å². The van der Waals surface area contributed by atoms with Crippen molar-refractivity contribution in [2.45, 2.75) is 70.1 Å². The first-order valence-electron chi connectivity index (χ1n) is 10.3. The minimum Gasteiger partial charge on any atom is -0.500 e. The lowest BCUT2D eigenvalue weighted by atomic mass is 9.90. The topological polar surface area (TPSA) is 154 Å². The highest BCUT2D eigenvalue weighted by atomic mass is 16.6. The molecule has 1 fully saturated rings. The average Bonchev–Trinajstić information content (AvgIpc) is 3.20. The van der Waals surface area contributed by atoms with Gasteiger partial charge < -0.3 is 20.9 Å². The van der Waals surface area contributed by atoms with Gasteiger partial charge in [-0.15, -0.1) is 5.10 Å². The number of nitrogens with one attached hydrogen (secondary N) is 1. The van der Waals surface area contributed by atoms with Gasteiger partial charge in [-0.2, -0.15) is 0 Å². The zero-order chi connectivity index (χ0) is 21.7. The first-order chi connectivity index (χ1) is 14.4. The summed E-state index contributed by atoms with van der Waals surface area (Å²) in [6, 6.07) is 2.82. The van der Waals surface area contributed by atoms with Crippen molar-refractivity contribution in [2.24, 2.45) is 5.73 Å². The summed E-state index contributed by atoms with van der Waals surface area (Å²) >= 11 is 0. The largest absolute Gasteiger partial charge is 0.500 e. The van der Waals surface area contributed by atoms with E-state index in [1.54, 1.807) is 10.7 Å². The van der Waals surface area contributed by atoms with Crippen molar-refractivity contribution in [3.05, 3.63) is 33.6 Å². The fraction of sp³-hybridized carbons (Fsp3) is 0.632. The molecule has 30 heavy (non-hydrogen) atoms. The number of phenols is 1. The van der Waals surface area contributed by atoms with Gasteiger partial charge in [-0.05, 0) is 54.2 Å². The van der Waals surface area contributed by atoms with Crippen molar-refractivity contribution in [1.82, 2.24) is 25.5 Å². The number of hydrogen-bond acceptors (Lipinski definition) is 9. The van der Waals surface area contributed by atoms with Crippen LogP contribution in [0.3, 0.4) is 0 Å². The first-order valence-corrected chi connectivity index (χ1v) is 10.3. The van der Waals surface area contributed by atoms with Gasteiger partial charge in [-0.1, -0.05) is 13.3 Å². The number of benzene rings is 1. The number of rotatable bonds is 9. The third kappa shape index (κ3) is 4.85. The van der Waals surface area contributed by atoms with Crippen LogP contribution < -0.4 is 15.8 Å². The zero-order valence-corrected chi connectivity index (χ0v) is 17.3. The number of phenolic OH excluding ortho intramolecular Hbond substituents is 1. The number of nitro groups is 1. The number of hydrogen-bond donors (Lipinski definition) is 3. The first kappa shape index (κ1) is 21.9. The highest BCUT2D eigenvalue weighted by Crippen LogP contribution is 2.39. The molecule has 164 valence electrons. The Labute approximate surface area is 174 Å². The Morgan fingerprint density at radius 1 is 1.40 bits per heavy atom. The third-order valence-corrected chi connectivity index (χ3v) is 5.54. The fourth-order valence-electron chi connectivity index (χ4n) is 3.80. The Balaban J connectivity index is 2.02. The molecule has 0 amide bonds. The molecule has 11 nitrogen and oxygen atoms in total. The van der Waals surface area contributed by atoms with E-state index < -0.39 is 22.4 Å². The summed E-state index contributed by atoms with van der Waals surface area (Å²) in [5, 5.41) is 37.4. The van der Waals surface area contributed by atoms with Gasteiger partial charge in [0.05, 0.1) is 18.1 Å². The van der Waals surface area contributed by atoms with Gasteiger partial charge in [0, 0.05) is 24.7 Å². The van der Waals surface area contributed by atoms with E-state index in [0.717, 1.165) is 38.5 Å². The maximum Gasteiger partial charge on any atom is 0.315 e. The van der Waals surface area contributed by atoms with Crippen LogP contribution in [0.15, 0.2) is 12.1 Å². The average molecular weight is 419 g/mol. The minimum absolute atomic E-state index is 0.0317. The summed E-state index contributed by atoms with van der Waals surface area (Å²) in [5.41, 5.74) is 6.17. The molecule has 0 saturated heterocycles. The summed E-state index contributed by atoms with van der Waals surface area (Å²) in [5.74, 6) is 0.101. The van der Waals surface area contributed by atoms with E-state index in [1.165, 1.54) is 13.2 Å². The van der Waals surface area contributed by atoms with Crippen LogP contribution in [0.5, 0.6) is 11.5 Å². The molecule has 1 aliphatic rings. The lowest BCUT2D eigenvalue weighted by molar-refractivity contribution is -0.386. The molecule has 1 aromatic carbocycles. The number of nitrogens with zero attached hydrogens (tertiary/aromatic N) is 5. The lowest BCUT2D eigenvalue weighted by Gasteiger charge is -2.30. The second-order valence-corrected chi connectivity index (χ2v) is 7.67. The van der Waals surface area contributed by atoms with Gasteiger partial charge in [0.15, 0.2) is 11.6 Å². The number of aromatic nitrogens is 4. The van der Waals surface area contributed by atoms with Gasteiger partial charge >= 0.3 is 5.69 Å². The molecule has 0 radical (unpaired) electrons. The van der Waals surface area contributed by atoms with Gasteiger partial charge in [0.2, 0.25) is 5.75 Å². The Morgan fingerprint density at radius 2 is 2.13 bits per heavy atom. The van der Waals surface area contributed by atoms with Crippen LogP contribution in [-0.4, -0.2) is 49.4 Å². The van der Waals surface area contributed by atoms with Crippen molar-refractivity contribution < 1.29 is 14.8 Å². The quantitative estimate of drug-likeness (QED) is 0.409. The molecule has 1 aliphatic carbocycles. The molecular formula is C19H29N7O4. The van der Waals surface area contributed by atoms with E-state index in [1.807, 2.05) is 0 Å². The van der Waals surface area contributed by atoms with Crippen LogP contribution in [0.1, 0.15) is 62.9 Å². The van der Waals surface area contributed by atoms with Crippen molar-refractivity contribution in [3.63, 3.8) is 0 Å². The lowest BCUT2D eigenvalue weighted by Crippen LogP contribution is -2.40. The van der Waals surface area contributed by atoms with E-state index in [2.05, 4.69) is 27.8 Å². The molecule has 1 heterocycles. The van der Waals surface area contributed by atoms with Gasteiger partial charge in [0.1, 0.15) is 0 Å². The molecule has 4 N–H and O–H groups in total. The van der Waals surface area contributed by atoms with Crippen LogP contribution in [-0.2, 0) is 6.54 Å². The third-order valence-electron chi connectivity index (χ3n) is 5.54. The van der Waals surface area contributed by atoms with Crippen molar-refractivity contribution in [1.29, 1.82) is 0 Å². The molecule has 2 aromatic rings. The molecule has 1 aromatic heterocycles. The molecule has 1 atom stereocenters. The maximum atomic E-state index is 11.5. The second kappa shape index (κ2) is 9.81. The normalized spacial score (nSPS) is 20.1. The van der Waals surface area contributed by atoms with Gasteiger partial charge in [0.25, 0.3) is 0 Å². The minimum atomic E-state index is -0.627. The van der Waals surface area contributed by atoms with Crippen molar-refractivity contribution >= 4 is 5.69 Å². The van der Waals surface area contributed by atoms with Crippen LogP contribution in [0.25, 0.3) is 0 Å². The van der Waals surface area contributed by atoms with Crippen molar-refractivity contribution in [2.75, 3.05) is 7.11 Å². The van der Waals surface area contributed by atoms with Crippen LogP contribution in [0.4, 0.5) is 5.69 Å². The predicted molar refractivity (Wildman–Crippen MR) is 109 cm³/mol. The molecule has 11 heteroatoms. The number of ether oxygens (including phenoxy) is 1. The standard InChI is InChI=1S/C19H29N7O4/c1-3-4-9-25-19(22-23-24-25)17(21-14-7-5-13(20)6-8-14)12-10-15(26(28)29)18(27)16(11-12)30-2/h10-11,13-14,17,21,27H,3-9,20H2,1-2H3. The summed E-state index contributed by atoms with van der Waals surface area (Å²) < 4.78 is 6.91. The Hall–Kier alpha value is -2.79. The van der Waals surface area contributed by atoms with Crippen LogP contribution in [0, 0.1) is 10.1 Å². The highest BCUT2D eigenvalue weighted by molar-refractivity contribution is 5.58. The number of nitrogens with two attached hydrogens (primary N) is 1. The molecule has 3 rings (SSSR count). The SMILES string of the molecule is CCCCn1nnnc1C(NC1CCC(N)CC1)c1cc(OC)c(O)c([N+](=O)[O-])c1. The van der Waals surface area contributed by atoms with E-state index in [4.69, 9.17) is 10.5 Å². The summed E-state index contributed by atoms with van der Waals surface area (Å²) in [6.45, 7) is 2.73. The number of nitro benzene ring substituents is 1. The number of aromatic hydroxyl groups is 1. The molecule has 1 saturated carbocycles. The van der Waals surface area contributed by atoms with E-state index in [0.29, 0.717) is 17.9 Å². The molecule has 1 unspecified atom stereocenters. The summed E-state index contributed by atoms with van der Waals surface area (Å²) in [7, 11) is 1.36. The molecule has 0 spiro atoms. The van der Waals surface area contributed by atoms with Crippen LogP contribution >= 0.6 is 0 Å². The number of unbranched alkanes of at least 4 members (excludes halogenated alkanes) is 1. The Kier molecular flexibility index (Phi) is 7.16. The van der Waals surface area contributed by atoms with Gasteiger partial charge in [-0.25, -0.2) is 4.68 Å². The second-order valence-electron chi connectivity index (χ2n) is 7.67. The van der Waals surface area contributed by atoms with E-state index >= 15 is 0 Å².